The predicted octanol–water partition coefficient (Wildman–Crippen LogP) is 4.01. The van der Waals surface area contributed by atoms with Crippen molar-refractivity contribution in [2.75, 3.05) is 13.1 Å². The topological polar surface area (TPSA) is 42.8 Å². The van der Waals surface area contributed by atoms with Crippen molar-refractivity contribution in [2.45, 2.75) is 32.2 Å². The maximum absolute atomic E-state index is 9.04. The highest BCUT2D eigenvalue weighted by atomic mass is 35.5. The average molecular weight is 290 g/mol. The molecule has 1 fully saturated rings. The molecule has 20 heavy (non-hydrogen) atoms. The molecule has 3 nitrogen and oxygen atoms in total. The summed E-state index contributed by atoms with van der Waals surface area (Å²) in [5.41, 5.74) is 3.17. The van der Waals surface area contributed by atoms with Crippen molar-refractivity contribution in [2.24, 2.45) is 0 Å². The fourth-order valence-corrected chi connectivity index (χ4v) is 3.06. The Balaban J connectivity index is 0.00000147. The van der Waals surface area contributed by atoms with E-state index in [1.165, 1.54) is 43.3 Å². The van der Waals surface area contributed by atoms with Crippen LogP contribution in [0.15, 0.2) is 24.4 Å². The van der Waals surface area contributed by atoms with E-state index in [4.69, 9.17) is 5.26 Å². The third-order valence-electron chi connectivity index (χ3n) is 4.23. The van der Waals surface area contributed by atoms with Gasteiger partial charge >= 0.3 is 0 Å². The van der Waals surface area contributed by atoms with Gasteiger partial charge in [-0.2, -0.15) is 5.26 Å². The molecule has 0 bridgehead atoms. The zero-order chi connectivity index (χ0) is 13.2. The van der Waals surface area contributed by atoms with Gasteiger partial charge in [0, 0.05) is 23.1 Å². The second-order valence-corrected chi connectivity index (χ2v) is 5.39. The first kappa shape index (κ1) is 14.9. The summed E-state index contributed by atoms with van der Waals surface area (Å²) in [5, 5.41) is 10.2. The van der Waals surface area contributed by atoms with Gasteiger partial charge in [-0.25, -0.2) is 0 Å². The molecular formula is C16H20ClN3. The van der Waals surface area contributed by atoms with Crippen LogP contribution in [0.4, 0.5) is 0 Å². The lowest BCUT2D eigenvalue weighted by Gasteiger charge is -2.32. The first-order chi connectivity index (χ1) is 9.29. The summed E-state index contributed by atoms with van der Waals surface area (Å²) in [5.74, 6) is 0. The molecule has 0 radical (unpaired) electrons. The predicted molar refractivity (Wildman–Crippen MR) is 84.1 cm³/mol. The van der Waals surface area contributed by atoms with Crippen LogP contribution in [0, 0.1) is 11.3 Å². The molecule has 0 spiro atoms. The molecule has 0 saturated carbocycles. The van der Waals surface area contributed by atoms with Gasteiger partial charge in [0.2, 0.25) is 0 Å². The fraction of sp³-hybridized carbons (Fsp3) is 0.438. The van der Waals surface area contributed by atoms with Gasteiger partial charge in [-0.15, -0.1) is 12.4 Å². The number of nitriles is 1. The number of rotatable bonds is 2. The first-order valence-electron chi connectivity index (χ1n) is 7.05. The Bertz CT molecular complexity index is 620. The fourth-order valence-electron chi connectivity index (χ4n) is 3.06. The Labute approximate surface area is 126 Å². The number of aromatic nitrogens is 1. The van der Waals surface area contributed by atoms with Crippen LogP contribution in [0.1, 0.15) is 43.4 Å². The van der Waals surface area contributed by atoms with Crippen LogP contribution in [0.25, 0.3) is 10.9 Å². The molecular weight excluding hydrogens is 270 g/mol. The summed E-state index contributed by atoms with van der Waals surface area (Å²) < 4.78 is 0. The minimum Gasteiger partial charge on any atom is -0.361 e. The number of aromatic amines is 1. The number of nitrogens with zero attached hydrogens (tertiary/aromatic N) is 2. The van der Waals surface area contributed by atoms with Crippen LogP contribution < -0.4 is 0 Å². The van der Waals surface area contributed by atoms with Crippen molar-refractivity contribution in [3.05, 3.63) is 35.5 Å². The van der Waals surface area contributed by atoms with Crippen LogP contribution in [-0.4, -0.2) is 23.0 Å². The lowest BCUT2D eigenvalue weighted by molar-refractivity contribution is 0.176. The third-order valence-corrected chi connectivity index (χ3v) is 4.23. The van der Waals surface area contributed by atoms with Gasteiger partial charge in [-0.05, 0) is 56.6 Å². The molecule has 0 amide bonds. The molecule has 3 rings (SSSR count). The standard InChI is InChI=1S/C16H19N3.ClH/c1-12(19-7-3-2-4-8-19)15-11-18-16-6-5-13(10-17)9-14(15)16;/h5-6,9,11-12,18H,2-4,7-8H2,1H3;1H. The van der Waals surface area contributed by atoms with Gasteiger partial charge < -0.3 is 4.98 Å². The largest absolute Gasteiger partial charge is 0.361 e. The number of hydrogen-bond donors (Lipinski definition) is 1. The smallest absolute Gasteiger partial charge is 0.0991 e. The molecule has 1 unspecified atom stereocenters. The molecule has 1 aromatic carbocycles. The Morgan fingerprint density at radius 2 is 2.00 bits per heavy atom. The molecule has 2 heterocycles. The highest BCUT2D eigenvalue weighted by Gasteiger charge is 2.20. The molecule has 1 atom stereocenters. The zero-order valence-electron chi connectivity index (χ0n) is 11.7. The van der Waals surface area contributed by atoms with Crippen molar-refractivity contribution in [1.29, 1.82) is 5.26 Å². The summed E-state index contributed by atoms with van der Waals surface area (Å²) in [6, 6.07) is 8.52. The van der Waals surface area contributed by atoms with Crippen LogP contribution >= 0.6 is 12.4 Å². The summed E-state index contributed by atoms with van der Waals surface area (Å²) in [4.78, 5) is 5.87. The summed E-state index contributed by atoms with van der Waals surface area (Å²) in [6.07, 6.45) is 6.06. The summed E-state index contributed by atoms with van der Waals surface area (Å²) in [7, 11) is 0. The van der Waals surface area contributed by atoms with E-state index in [0.717, 1.165) is 11.1 Å². The maximum atomic E-state index is 9.04. The monoisotopic (exact) mass is 289 g/mol. The van der Waals surface area contributed by atoms with Crippen LogP contribution in [0.2, 0.25) is 0 Å². The molecule has 1 aliphatic heterocycles. The summed E-state index contributed by atoms with van der Waals surface area (Å²) >= 11 is 0. The van der Waals surface area contributed by atoms with E-state index in [2.05, 4.69) is 29.1 Å². The lowest BCUT2D eigenvalue weighted by atomic mass is 10.0. The lowest BCUT2D eigenvalue weighted by Crippen LogP contribution is -2.32. The normalized spacial score (nSPS) is 17.4. The molecule has 1 N–H and O–H groups in total. The van der Waals surface area contributed by atoms with Crippen LogP contribution in [0.5, 0.6) is 0 Å². The number of H-pyrrole nitrogens is 1. The number of fused-ring (bicyclic) bond motifs is 1. The highest BCUT2D eigenvalue weighted by molar-refractivity contribution is 5.85. The van der Waals surface area contributed by atoms with E-state index in [1.54, 1.807) is 0 Å². The first-order valence-corrected chi connectivity index (χ1v) is 7.05. The number of hydrogen-bond acceptors (Lipinski definition) is 2. The zero-order valence-corrected chi connectivity index (χ0v) is 12.5. The van der Waals surface area contributed by atoms with E-state index in [9.17, 15) is 0 Å². The van der Waals surface area contributed by atoms with Crippen molar-refractivity contribution in [1.82, 2.24) is 9.88 Å². The molecule has 0 aliphatic carbocycles. The molecule has 1 aliphatic rings. The van der Waals surface area contributed by atoms with E-state index in [0.29, 0.717) is 6.04 Å². The molecule has 106 valence electrons. The summed E-state index contributed by atoms with van der Waals surface area (Å²) in [6.45, 7) is 4.64. The Hall–Kier alpha value is -1.50. The van der Waals surface area contributed by atoms with Crippen LogP contribution in [0.3, 0.4) is 0 Å². The minimum atomic E-state index is 0. The van der Waals surface area contributed by atoms with Gasteiger partial charge in [0.05, 0.1) is 11.6 Å². The van der Waals surface area contributed by atoms with Crippen molar-refractivity contribution >= 4 is 23.3 Å². The van der Waals surface area contributed by atoms with Crippen molar-refractivity contribution in [3.63, 3.8) is 0 Å². The molecule has 4 heteroatoms. The van der Waals surface area contributed by atoms with Crippen molar-refractivity contribution < 1.29 is 0 Å². The molecule has 1 saturated heterocycles. The number of likely N-dealkylation sites (tertiary alicyclic amines) is 1. The maximum Gasteiger partial charge on any atom is 0.0991 e. The SMILES string of the molecule is CC(c1c[nH]c2ccc(C#N)cc12)N1CCCCC1.Cl. The molecule has 2 aromatic rings. The Morgan fingerprint density at radius 3 is 2.70 bits per heavy atom. The highest BCUT2D eigenvalue weighted by Crippen LogP contribution is 2.30. The number of nitrogens with one attached hydrogen (secondary N) is 1. The van der Waals surface area contributed by atoms with E-state index in [1.807, 2.05) is 18.2 Å². The van der Waals surface area contributed by atoms with Crippen molar-refractivity contribution in [3.8, 4) is 6.07 Å². The second-order valence-electron chi connectivity index (χ2n) is 5.39. The Kier molecular flexibility index (Phi) is 4.69. The third kappa shape index (κ3) is 2.67. The minimum absolute atomic E-state index is 0. The van der Waals surface area contributed by atoms with Gasteiger partial charge in [-0.1, -0.05) is 6.42 Å². The van der Waals surface area contributed by atoms with Gasteiger partial charge in [0.25, 0.3) is 0 Å². The number of halogens is 1. The Morgan fingerprint density at radius 1 is 1.25 bits per heavy atom. The van der Waals surface area contributed by atoms with Gasteiger partial charge in [0.1, 0.15) is 0 Å². The molecule has 1 aromatic heterocycles. The van der Waals surface area contributed by atoms with E-state index < -0.39 is 0 Å². The number of benzene rings is 1. The van der Waals surface area contributed by atoms with Gasteiger partial charge in [-0.3, -0.25) is 4.90 Å². The quantitative estimate of drug-likeness (QED) is 0.908. The van der Waals surface area contributed by atoms with E-state index >= 15 is 0 Å². The number of piperidine rings is 1. The van der Waals surface area contributed by atoms with Crippen LogP contribution in [-0.2, 0) is 0 Å². The average Bonchev–Trinajstić information content (AvgIpc) is 2.90. The van der Waals surface area contributed by atoms with E-state index in [-0.39, 0.29) is 12.4 Å². The second kappa shape index (κ2) is 6.30. The van der Waals surface area contributed by atoms with Gasteiger partial charge in [0.15, 0.2) is 0 Å².